The third-order valence-corrected chi connectivity index (χ3v) is 4.75. The van der Waals surface area contributed by atoms with Crippen molar-refractivity contribution in [1.82, 2.24) is 5.32 Å². The largest absolute Gasteiger partial charge is 0.491 e. The summed E-state index contributed by atoms with van der Waals surface area (Å²) in [6.45, 7) is 11.5. The molecule has 184 valence electrons. The van der Waals surface area contributed by atoms with Crippen molar-refractivity contribution in [2.24, 2.45) is 4.99 Å². The van der Waals surface area contributed by atoms with E-state index in [1.807, 2.05) is 45.0 Å². The number of halogens is 1. The molecule has 1 saturated heterocycles. The van der Waals surface area contributed by atoms with Crippen LogP contribution in [0.15, 0.2) is 29.3 Å². The van der Waals surface area contributed by atoms with Crippen LogP contribution in [0.2, 0.25) is 0 Å². The fourth-order valence-corrected chi connectivity index (χ4v) is 3.19. The summed E-state index contributed by atoms with van der Waals surface area (Å²) in [6.07, 6.45) is 5.65. The SMILES string of the molecule is CCOCCCCNC(=NCCCOCC1CCCO1)Nc1ccc(OC(C)C)cc1.I. The van der Waals surface area contributed by atoms with E-state index in [0.717, 1.165) is 75.9 Å². The Kier molecular flexibility index (Phi) is 16.6. The molecule has 2 rings (SSSR count). The van der Waals surface area contributed by atoms with Gasteiger partial charge in [-0.25, -0.2) is 0 Å². The Bertz CT molecular complexity index is 608. The molecule has 1 unspecified atom stereocenters. The van der Waals surface area contributed by atoms with E-state index in [1.165, 1.54) is 0 Å². The first-order chi connectivity index (χ1) is 15.2. The van der Waals surface area contributed by atoms with Gasteiger partial charge in [-0.3, -0.25) is 4.99 Å². The molecule has 0 radical (unpaired) electrons. The normalized spacial score (nSPS) is 16.1. The number of unbranched alkanes of at least 4 members (excludes halogenated alkanes) is 1. The Labute approximate surface area is 211 Å². The maximum absolute atomic E-state index is 5.74. The van der Waals surface area contributed by atoms with Crippen LogP contribution in [0.25, 0.3) is 0 Å². The van der Waals surface area contributed by atoms with E-state index >= 15 is 0 Å². The van der Waals surface area contributed by atoms with Gasteiger partial charge in [0.25, 0.3) is 0 Å². The molecule has 0 spiro atoms. The fraction of sp³-hybridized carbons (Fsp3) is 0.708. The molecule has 1 fully saturated rings. The average molecular weight is 564 g/mol. The standard InChI is InChI=1S/C24H41N3O4.HI/c1-4-28-16-6-5-14-25-24(26-15-8-17-29-19-23-9-7-18-30-23)27-21-10-12-22(13-11-21)31-20(2)3;/h10-13,20,23H,4-9,14-19H2,1-3H3,(H2,25,26,27);1H. The maximum Gasteiger partial charge on any atom is 0.195 e. The summed E-state index contributed by atoms with van der Waals surface area (Å²) >= 11 is 0. The second-order valence-corrected chi connectivity index (χ2v) is 7.94. The summed E-state index contributed by atoms with van der Waals surface area (Å²) in [5, 5.41) is 6.81. The first-order valence-corrected chi connectivity index (χ1v) is 11.8. The molecule has 8 heteroatoms. The summed E-state index contributed by atoms with van der Waals surface area (Å²) in [5.74, 6) is 1.65. The van der Waals surface area contributed by atoms with Gasteiger partial charge in [-0.05, 0) is 77.1 Å². The van der Waals surface area contributed by atoms with E-state index < -0.39 is 0 Å². The number of guanidine groups is 1. The molecule has 1 aliphatic heterocycles. The number of hydrogen-bond acceptors (Lipinski definition) is 5. The first-order valence-electron chi connectivity index (χ1n) is 11.8. The topological polar surface area (TPSA) is 73.3 Å². The molecule has 0 aliphatic carbocycles. The lowest BCUT2D eigenvalue weighted by molar-refractivity contribution is 0.0171. The smallest absolute Gasteiger partial charge is 0.195 e. The van der Waals surface area contributed by atoms with Gasteiger partial charge in [0.05, 0.1) is 18.8 Å². The van der Waals surface area contributed by atoms with Gasteiger partial charge >= 0.3 is 0 Å². The zero-order chi connectivity index (χ0) is 22.2. The van der Waals surface area contributed by atoms with E-state index in [4.69, 9.17) is 23.9 Å². The van der Waals surface area contributed by atoms with E-state index in [2.05, 4.69) is 10.6 Å². The molecule has 1 aromatic rings. The fourth-order valence-electron chi connectivity index (χ4n) is 3.19. The predicted molar refractivity (Wildman–Crippen MR) is 142 cm³/mol. The van der Waals surface area contributed by atoms with Gasteiger partial charge < -0.3 is 29.6 Å². The average Bonchev–Trinajstić information content (AvgIpc) is 3.27. The summed E-state index contributed by atoms with van der Waals surface area (Å²) in [4.78, 5) is 4.71. The van der Waals surface area contributed by atoms with Crippen LogP contribution in [0.1, 0.15) is 52.9 Å². The highest BCUT2D eigenvalue weighted by molar-refractivity contribution is 14.0. The van der Waals surface area contributed by atoms with Crippen LogP contribution in [0.5, 0.6) is 5.75 Å². The molecular weight excluding hydrogens is 521 g/mol. The van der Waals surface area contributed by atoms with Crippen LogP contribution in [0.4, 0.5) is 5.69 Å². The van der Waals surface area contributed by atoms with Crippen molar-refractivity contribution < 1.29 is 18.9 Å². The van der Waals surface area contributed by atoms with Crippen LogP contribution in [-0.2, 0) is 14.2 Å². The number of nitrogens with one attached hydrogen (secondary N) is 2. The number of nitrogens with zero attached hydrogens (tertiary/aromatic N) is 1. The van der Waals surface area contributed by atoms with Crippen LogP contribution in [-0.4, -0.2) is 64.3 Å². The highest BCUT2D eigenvalue weighted by atomic mass is 127. The third-order valence-electron chi connectivity index (χ3n) is 4.75. The van der Waals surface area contributed by atoms with E-state index in [9.17, 15) is 0 Å². The Hall–Kier alpha value is -1.10. The van der Waals surface area contributed by atoms with Crippen molar-refractivity contribution >= 4 is 35.6 Å². The molecule has 0 bridgehead atoms. The Balaban J connectivity index is 0.00000512. The summed E-state index contributed by atoms with van der Waals surface area (Å²) < 4.78 is 22.4. The monoisotopic (exact) mass is 563 g/mol. The minimum absolute atomic E-state index is 0. The zero-order valence-electron chi connectivity index (χ0n) is 19.9. The molecule has 32 heavy (non-hydrogen) atoms. The number of anilines is 1. The molecular formula is C24H42IN3O4. The minimum Gasteiger partial charge on any atom is -0.491 e. The second kappa shape index (κ2) is 18.3. The molecule has 1 atom stereocenters. The first kappa shape index (κ1) is 28.9. The van der Waals surface area contributed by atoms with Gasteiger partial charge in [0, 0.05) is 45.2 Å². The van der Waals surface area contributed by atoms with Gasteiger partial charge in [-0.2, -0.15) is 0 Å². The van der Waals surface area contributed by atoms with E-state index in [1.54, 1.807) is 0 Å². The summed E-state index contributed by atoms with van der Waals surface area (Å²) in [6, 6.07) is 7.96. The number of aliphatic imine (C=N–C) groups is 1. The highest BCUT2D eigenvalue weighted by Gasteiger charge is 2.14. The predicted octanol–water partition coefficient (Wildman–Crippen LogP) is 4.85. The van der Waals surface area contributed by atoms with Crippen molar-refractivity contribution in [2.45, 2.75) is 65.1 Å². The Morgan fingerprint density at radius 3 is 2.59 bits per heavy atom. The summed E-state index contributed by atoms with van der Waals surface area (Å²) in [5.41, 5.74) is 0.978. The van der Waals surface area contributed by atoms with Gasteiger partial charge in [-0.15, -0.1) is 24.0 Å². The third kappa shape index (κ3) is 13.4. The molecule has 7 nitrogen and oxygen atoms in total. The molecule has 2 N–H and O–H groups in total. The Morgan fingerprint density at radius 1 is 1.12 bits per heavy atom. The minimum atomic E-state index is 0. The lowest BCUT2D eigenvalue weighted by Gasteiger charge is -2.14. The second-order valence-electron chi connectivity index (χ2n) is 7.94. The van der Waals surface area contributed by atoms with Crippen molar-refractivity contribution in [3.8, 4) is 5.75 Å². The lowest BCUT2D eigenvalue weighted by atomic mass is 10.2. The van der Waals surface area contributed by atoms with Gasteiger partial charge in [0.1, 0.15) is 5.75 Å². The zero-order valence-corrected chi connectivity index (χ0v) is 22.3. The number of hydrogen-bond donors (Lipinski definition) is 2. The van der Waals surface area contributed by atoms with Crippen molar-refractivity contribution in [1.29, 1.82) is 0 Å². The molecule has 1 aliphatic rings. The molecule has 0 amide bonds. The van der Waals surface area contributed by atoms with Gasteiger partial charge in [0.2, 0.25) is 0 Å². The van der Waals surface area contributed by atoms with Crippen molar-refractivity contribution in [3.05, 3.63) is 24.3 Å². The quantitative estimate of drug-likeness (QED) is 0.138. The van der Waals surface area contributed by atoms with Crippen LogP contribution >= 0.6 is 24.0 Å². The highest BCUT2D eigenvalue weighted by Crippen LogP contribution is 2.17. The maximum atomic E-state index is 5.74. The van der Waals surface area contributed by atoms with Gasteiger partial charge in [-0.1, -0.05) is 0 Å². The Morgan fingerprint density at radius 2 is 1.91 bits per heavy atom. The van der Waals surface area contributed by atoms with E-state index in [0.29, 0.717) is 19.8 Å². The van der Waals surface area contributed by atoms with Crippen LogP contribution in [0.3, 0.4) is 0 Å². The van der Waals surface area contributed by atoms with Gasteiger partial charge in [0.15, 0.2) is 5.96 Å². The molecule has 1 aromatic carbocycles. The van der Waals surface area contributed by atoms with Crippen molar-refractivity contribution in [2.75, 3.05) is 51.4 Å². The number of rotatable bonds is 15. The molecule has 1 heterocycles. The lowest BCUT2D eigenvalue weighted by Crippen LogP contribution is -2.32. The van der Waals surface area contributed by atoms with Crippen LogP contribution < -0.4 is 15.4 Å². The van der Waals surface area contributed by atoms with Crippen molar-refractivity contribution in [3.63, 3.8) is 0 Å². The summed E-state index contributed by atoms with van der Waals surface area (Å²) in [7, 11) is 0. The molecule has 0 saturated carbocycles. The number of ether oxygens (including phenoxy) is 4. The molecule has 0 aromatic heterocycles. The van der Waals surface area contributed by atoms with Crippen LogP contribution in [0, 0.1) is 0 Å². The van der Waals surface area contributed by atoms with E-state index in [-0.39, 0.29) is 36.2 Å². The number of benzene rings is 1.